The van der Waals surface area contributed by atoms with Gasteiger partial charge in [0.15, 0.2) is 0 Å². The van der Waals surface area contributed by atoms with Crippen molar-refractivity contribution in [1.29, 1.82) is 0 Å². The Kier molecular flexibility index (Phi) is 5.88. The number of rotatable bonds is 6. The molecule has 1 rings (SSSR count). The van der Waals surface area contributed by atoms with Crippen LogP contribution in [0.5, 0.6) is 0 Å². The first-order valence-electron chi connectivity index (χ1n) is 6.35. The smallest absolute Gasteiger partial charge is 0.220 e. The summed E-state index contributed by atoms with van der Waals surface area (Å²) in [5.41, 5.74) is 5.10. The number of aliphatic hydroxyl groups is 1. The van der Waals surface area contributed by atoms with Crippen LogP contribution in [0.15, 0.2) is 0 Å². The van der Waals surface area contributed by atoms with Gasteiger partial charge < -0.3 is 20.9 Å². The molecular formula is C12H24N2O3. The van der Waals surface area contributed by atoms with Gasteiger partial charge in [-0.05, 0) is 25.3 Å². The summed E-state index contributed by atoms with van der Waals surface area (Å²) in [7, 11) is 0. The molecule has 0 spiro atoms. The van der Waals surface area contributed by atoms with E-state index < -0.39 is 5.54 Å². The molecule has 0 bridgehead atoms. The van der Waals surface area contributed by atoms with Gasteiger partial charge in [-0.2, -0.15) is 0 Å². The summed E-state index contributed by atoms with van der Waals surface area (Å²) in [6, 6.07) is 0. The molecule has 0 saturated carbocycles. The number of ether oxygens (including phenoxy) is 1. The quantitative estimate of drug-likeness (QED) is 0.615. The molecule has 0 aliphatic carbocycles. The van der Waals surface area contributed by atoms with Crippen LogP contribution in [0.3, 0.4) is 0 Å². The lowest BCUT2D eigenvalue weighted by Crippen LogP contribution is -2.54. The summed E-state index contributed by atoms with van der Waals surface area (Å²) < 4.78 is 5.25. The van der Waals surface area contributed by atoms with Gasteiger partial charge in [0, 0.05) is 19.6 Å². The van der Waals surface area contributed by atoms with E-state index in [0.717, 1.165) is 6.42 Å². The molecule has 1 saturated heterocycles. The zero-order valence-electron chi connectivity index (χ0n) is 10.6. The molecule has 1 heterocycles. The Balaban J connectivity index is 2.47. The molecule has 17 heavy (non-hydrogen) atoms. The van der Waals surface area contributed by atoms with Gasteiger partial charge in [-0.25, -0.2) is 0 Å². The summed E-state index contributed by atoms with van der Waals surface area (Å²) in [6.45, 7) is 3.71. The van der Waals surface area contributed by atoms with Crippen molar-refractivity contribution in [3.05, 3.63) is 0 Å². The van der Waals surface area contributed by atoms with E-state index in [1.165, 1.54) is 0 Å². The summed E-state index contributed by atoms with van der Waals surface area (Å²) in [5, 5.41) is 12.4. The average molecular weight is 244 g/mol. The molecule has 5 heteroatoms. The van der Waals surface area contributed by atoms with Crippen molar-refractivity contribution in [1.82, 2.24) is 5.32 Å². The third-order valence-electron chi connectivity index (χ3n) is 3.54. The van der Waals surface area contributed by atoms with E-state index in [1.54, 1.807) is 0 Å². The summed E-state index contributed by atoms with van der Waals surface area (Å²) in [6.07, 6.45) is 2.69. The van der Waals surface area contributed by atoms with Crippen LogP contribution in [-0.4, -0.2) is 42.9 Å². The third-order valence-corrected chi connectivity index (χ3v) is 3.54. The Labute approximate surface area is 103 Å². The largest absolute Gasteiger partial charge is 0.394 e. The highest BCUT2D eigenvalue weighted by molar-refractivity contribution is 5.77. The van der Waals surface area contributed by atoms with Gasteiger partial charge in [0.05, 0.1) is 12.1 Å². The lowest BCUT2D eigenvalue weighted by Gasteiger charge is -2.36. The summed E-state index contributed by atoms with van der Waals surface area (Å²) in [4.78, 5) is 11.9. The number of nitrogens with two attached hydrogens (primary N) is 1. The van der Waals surface area contributed by atoms with Crippen molar-refractivity contribution < 1.29 is 14.6 Å². The van der Waals surface area contributed by atoms with Gasteiger partial charge in [-0.3, -0.25) is 4.79 Å². The van der Waals surface area contributed by atoms with Gasteiger partial charge in [0.25, 0.3) is 0 Å². The van der Waals surface area contributed by atoms with Crippen LogP contribution < -0.4 is 11.1 Å². The molecule has 0 radical (unpaired) electrons. The van der Waals surface area contributed by atoms with Crippen LogP contribution in [0, 0.1) is 5.92 Å². The number of hydrogen-bond acceptors (Lipinski definition) is 4. The van der Waals surface area contributed by atoms with Gasteiger partial charge in [0.1, 0.15) is 0 Å². The molecule has 1 aliphatic rings. The Hall–Kier alpha value is -0.650. The molecular weight excluding hydrogens is 220 g/mol. The van der Waals surface area contributed by atoms with Crippen molar-refractivity contribution >= 4 is 5.91 Å². The molecule has 0 aromatic heterocycles. The van der Waals surface area contributed by atoms with Gasteiger partial charge in [-0.1, -0.05) is 13.3 Å². The second-order valence-electron chi connectivity index (χ2n) is 4.81. The number of carbonyl (C=O) groups excluding carboxylic acids is 1. The van der Waals surface area contributed by atoms with E-state index in [9.17, 15) is 9.90 Å². The predicted octanol–water partition coefficient (Wildman–Crippen LogP) is 0.0191. The number of amides is 1. The van der Waals surface area contributed by atoms with E-state index in [1.807, 2.05) is 6.92 Å². The Bertz CT molecular complexity index is 236. The molecule has 1 aliphatic heterocycles. The monoisotopic (exact) mass is 244 g/mol. The minimum atomic E-state index is -0.484. The van der Waals surface area contributed by atoms with E-state index in [4.69, 9.17) is 10.5 Å². The number of nitrogens with one attached hydrogen (secondary N) is 1. The second kappa shape index (κ2) is 6.93. The standard InChI is InChI=1S/C12H24N2O3/c1-2-10(8-13)7-11(16)14-12(9-15)3-5-17-6-4-12/h10,15H,2-9,13H2,1H3,(H,14,16). The van der Waals surface area contributed by atoms with Crippen LogP contribution in [0.4, 0.5) is 0 Å². The van der Waals surface area contributed by atoms with Crippen molar-refractivity contribution in [2.45, 2.75) is 38.1 Å². The van der Waals surface area contributed by atoms with Crippen LogP contribution in [0.2, 0.25) is 0 Å². The minimum Gasteiger partial charge on any atom is -0.394 e. The molecule has 5 nitrogen and oxygen atoms in total. The maximum atomic E-state index is 11.9. The van der Waals surface area contributed by atoms with Crippen LogP contribution in [0.25, 0.3) is 0 Å². The highest BCUT2D eigenvalue weighted by atomic mass is 16.5. The minimum absolute atomic E-state index is 0.0155. The van der Waals surface area contributed by atoms with E-state index >= 15 is 0 Å². The highest BCUT2D eigenvalue weighted by Crippen LogP contribution is 2.20. The Morgan fingerprint density at radius 2 is 2.18 bits per heavy atom. The van der Waals surface area contributed by atoms with E-state index in [0.29, 0.717) is 39.0 Å². The maximum absolute atomic E-state index is 11.9. The summed E-state index contributed by atoms with van der Waals surface area (Å²) in [5.74, 6) is 0.212. The van der Waals surface area contributed by atoms with Crippen molar-refractivity contribution in [2.24, 2.45) is 11.7 Å². The van der Waals surface area contributed by atoms with Crippen molar-refractivity contribution in [2.75, 3.05) is 26.4 Å². The molecule has 0 aromatic rings. The molecule has 1 fully saturated rings. The Morgan fingerprint density at radius 1 is 1.53 bits per heavy atom. The SMILES string of the molecule is CCC(CN)CC(=O)NC1(CO)CCOCC1. The predicted molar refractivity (Wildman–Crippen MR) is 65.5 cm³/mol. The fourth-order valence-corrected chi connectivity index (χ4v) is 2.09. The normalized spacial score (nSPS) is 20.9. The van der Waals surface area contributed by atoms with Gasteiger partial charge >= 0.3 is 0 Å². The van der Waals surface area contributed by atoms with Crippen LogP contribution in [0.1, 0.15) is 32.6 Å². The average Bonchev–Trinajstić information content (AvgIpc) is 2.37. The molecule has 100 valence electrons. The Morgan fingerprint density at radius 3 is 2.65 bits per heavy atom. The van der Waals surface area contributed by atoms with Crippen LogP contribution in [-0.2, 0) is 9.53 Å². The highest BCUT2D eigenvalue weighted by Gasteiger charge is 2.33. The zero-order valence-corrected chi connectivity index (χ0v) is 10.6. The molecule has 1 unspecified atom stereocenters. The topological polar surface area (TPSA) is 84.6 Å². The number of aliphatic hydroxyl groups excluding tert-OH is 1. The van der Waals surface area contributed by atoms with Gasteiger partial charge in [-0.15, -0.1) is 0 Å². The third kappa shape index (κ3) is 4.26. The fraction of sp³-hybridized carbons (Fsp3) is 0.917. The maximum Gasteiger partial charge on any atom is 0.220 e. The first-order chi connectivity index (χ1) is 8.15. The van der Waals surface area contributed by atoms with Crippen LogP contribution >= 0.6 is 0 Å². The fourth-order valence-electron chi connectivity index (χ4n) is 2.09. The van der Waals surface area contributed by atoms with E-state index in [2.05, 4.69) is 5.32 Å². The molecule has 0 aromatic carbocycles. The summed E-state index contributed by atoms with van der Waals surface area (Å²) >= 11 is 0. The molecule has 1 atom stereocenters. The van der Waals surface area contributed by atoms with E-state index in [-0.39, 0.29) is 18.4 Å². The molecule has 4 N–H and O–H groups in total. The zero-order chi connectivity index (χ0) is 12.7. The van der Waals surface area contributed by atoms with Gasteiger partial charge in [0.2, 0.25) is 5.91 Å². The molecule has 1 amide bonds. The lowest BCUT2D eigenvalue weighted by atomic mass is 9.90. The van der Waals surface area contributed by atoms with Crippen molar-refractivity contribution in [3.63, 3.8) is 0 Å². The lowest BCUT2D eigenvalue weighted by molar-refractivity contribution is -0.126. The first-order valence-corrected chi connectivity index (χ1v) is 6.35. The number of carbonyl (C=O) groups is 1. The first kappa shape index (κ1) is 14.4. The van der Waals surface area contributed by atoms with Crippen molar-refractivity contribution in [3.8, 4) is 0 Å². The second-order valence-corrected chi connectivity index (χ2v) is 4.81. The number of hydrogen-bond donors (Lipinski definition) is 3.